The van der Waals surface area contributed by atoms with Gasteiger partial charge in [0.1, 0.15) is 0 Å². The summed E-state index contributed by atoms with van der Waals surface area (Å²) in [6.45, 7) is 2.86. The van der Waals surface area contributed by atoms with E-state index in [1.165, 1.54) is 18.4 Å². The minimum Gasteiger partial charge on any atom is -0.376 e. The fourth-order valence-corrected chi connectivity index (χ4v) is 4.24. The highest BCUT2D eigenvalue weighted by molar-refractivity contribution is 7.88. The number of aryl methyl sites for hydroxylation is 1. The van der Waals surface area contributed by atoms with Crippen LogP contribution in [0.1, 0.15) is 18.4 Å². The summed E-state index contributed by atoms with van der Waals surface area (Å²) in [6, 6.07) is 5.95. The molecule has 1 aromatic carbocycles. The summed E-state index contributed by atoms with van der Waals surface area (Å²) >= 11 is 1.44. The number of aromatic nitrogens is 1. The molecular weight excluding hydrogens is 374 g/mol. The van der Waals surface area contributed by atoms with Crippen molar-refractivity contribution in [3.05, 3.63) is 23.8 Å². The predicted molar refractivity (Wildman–Crippen MR) is 103 cm³/mol. The molecule has 142 valence electrons. The van der Waals surface area contributed by atoms with Gasteiger partial charge in [-0.1, -0.05) is 17.4 Å². The number of likely N-dealkylation sites (N-methyl/N-ethyl adjacent to an activating group) is 1. The van der Waals surface area contributed by atoms with Gasteiger partial charge in [-0.3, -0.25) is 9.69 Å². The quantitative estimate of drug-likeness (QED) is 0.745. The molecule has 0 radical (unpaired) electrons. The van der Waals surface area contributed by atoms with E-state index in [1.54, 1.807) is 4.90 Å². The van der Waals surface area contributed by atoms with Gasteiger partial charge in [0.2, 0.25) is 15.9 Å². The van der Waals surface area contributed by atoms with Crippen molar-refractivity contribution in [1.29, 1.82) is 0 Å². The molecule has 0 aliphatic carbocycles. The molecule has 1 aromatic heterocycles. The Kier molecular flexibility index (Phi) is 5.61. The molecule has 7 nitrogen and oxygen atoms in total. The Morgan fingerprint density at radius 2 is 2.19 bits per heavy atom. The summed E-state index contributed by atoms with van der Waals surface area (Å²) in [5, 5.41) is 0.577. The third-order valence-electron chi connectivity index (χ3n) is 4.40. The number of ether oxygens (including phenoxy) is 1. The van der Waals surface area contributed by atoms with Crippen LogP contribution >= 0.6 is 11.3 Å². The molecule has 0 N–H and O–H groups in total. The normalized spacial score (nSPS) is 17.9. The molecule has 2 aromatic rings. The lowest BCUT2D eigenvalue weighted by molar-refractivity contribution is -0.119. The molecule has 1 aliphatic rings. The molecule has 9 heteroatoms. The molecule has 1 saturated heterocycles. The van der Waals surface area contributed by atoms with Gasteiger partial charge in [0.25, 0.3) is 0 Å². The Morgan fingerprint density at radius 3 is 2.85 bits per heavy atom. The number of amides is 1. The number of sulfonamides is 1. The number of carbonyl (C=O) groups is 1. The number of thiazole rings is 1. The molecule has 3 rings (SSSR count). The standard InChI is InChI=1S/C17H23N3O4S2/c1-12-6-7-14-15(9-12)25-17(18-14)20(10-13-5-4-8-24-13)16(21)11-19(2)26(3,22)23/h6-7,9,13H,4-5,8,10-11H2,1-3H3. The fourth-order valence-electron chi connectivity index (χ4n) is 2.81. The number of rotatable bonds is 6. The van der Waals surface area contributed by atoms with Crippen LogP contribution in [0.2, 0.25) is 0 Å². The maximum atomic E-state index is 12.9. The summed E-state index contributed by atoms with van der Waals surface area (Å²) in [4.78, 5) is 19.0. The number of carbonyl (C=O) groups excluding carboxylic acids is 1. The van der Waals surface area contributed by atoms with E-state index in [2.05, 4.69) is 4.98 Å². The van der Waals surface area contributed by atoms with Crippen LogP contribution in [-0.2, 0) is 19.6 Å². The van der Waals surface area contributed by atoms with Crippen molar-refractivity contribution >= 4 is 42.6 Å². The van der Waals surface area contributed by atoms with E-state index >= 15 is 0 Å². The van der Waals surface area contributed by atoms with Crippen LogP contribution in [0.3, 0.4) is 0 Å². The molecule has 0 bridgehead atoms. The summed E-state index contributed by atoms with van der Waals surface area (Å²) in [5.74, 6) is -0.302. The second kappa shape index (κ2) is 7.59. The zero-order valence-electron chi connectivity index (χ0n) is 15.1. The van der Waals surface area contributed by atoms with Crippen LogP contribution in [0.25, 0.3) is 10.2 Å². The SMILES string of the molecule is Cc1ccc2nc(N(CC3CCCO3)C(=O)CN(C)S(C)(=O)=O)sc2c1. The molecule has 1 atom stereocenters. The first-order valence-electron chi connectivity index (χ1n) is 8.44. The van der Waals surface area contributed by atoms with Gasteiger partial charge >= 0.3 is 0 Å². The van der Waals surface area contributed by atoms with Crippen molar-refractivity contribution in [2.75, 3.05) is 37.9 Å². The molecule has 0 spiro atoms. The molecule has 1 unspecified atom stereocenters. The maximum absolute atomic E-state index is 12.9. The van der Waals surface area contributed by atoms with Gasteiger partial charge in [0, 0.05) is 13.7 Å². The number of nitrogens with zero attached hydrogens (tertiary/aromatic N) is 3. The molecule has 2 heterocycles. The average molecular weight is 398 g/mol. The Hall–Kier alpha value is -1.55. The molecule has 1 aliphatic heterocycles. The number of benzene rings is 1. The van der Waals surface area contributed by atoms with Crippen LogP contribution < -0.4 is 4.90 Å². The largest absolute Gasteiger partial charge is 0.376 e. The summed E-state index contributed by atoms with van der Waals surface area (Å²) < 4.78 is 31.1. The van der Waals surface area contributed by atoms with Crippen molar-refractivity contribution in [3.63, 3.8) is 0 Å². The zero-order valence-corrected chi connectivity index (χ0v) is 16.8. The first kappa shape index (κ1) is 19.2. The zero-order chi connectivity index (χ0) is 18.9. The van der Waals surface area contributed by atoms with Gasteiger partial charge < -0.3 is 4.74 Å². The van der Waals surface area contributed by atoms with Crippen molar-refractivity contribution in [2.24, 2.45) is 0 Å². The first-order chi connectivity index (χ1) is 12.2. The molecule has 26 heavy (non-hydrogen) atoms. The first-order valence-corrected chi connectivity index (χ1v) is 11.1. The Labute approximate surface area is 157 Å². The van der Waals surface area contributed by atoms with E-state index < -0.39 is 10.0 Å². The van der Waals surface area contributed by atoms with E-state index in [4.69, 9.17) is 4.74 Å². The van der Waals surface area contributed by atoms with E-state index in [9.17, 15) is 13.2 Å². The second-order valence-corrected chi connectivity index (χ2v) is 9.72. The van der Waals surface area contributed by atoms with Crippen molar-refractivity contribution in [2.45, 2.75) is 25.9 Å². The second-order valence-electron chi connectivity index (χ2n) is 6.63. The van der Waals surface area contributed by atoms with Gasteiger partial charge in [0.05, 0.1) is 35.7 Å². The van der Waals surface area contributed by atoms with E-state index in [-0.39, 0.29) is 18.6 Å². The van der Waals surface area contributed by atoms with E-state index in [0.29, 0.717) is 18.3 Å². The van der Waals surface area contributed by atoms with Crippen LogP contribution in [-0.4, -0.2) is 62.7 Å². The summed E-state index contributed by atoms with van der Waals surface area (Å²) in [5.41, 5.74) is 1.96. The smallest absolute Gasteiger partial charge is 0.244 e. The van der Waals surface area contributed by atoms with Crippen molar-refractivity contribution in [1.82, 2.24) is 9.29 Å². The minimum atomic E-state index is -3.43. The summed E-state index contributed by atoms with van der Waals surface area (Å²) in [7, 11) is -2.03. The van der Waals surface area contributed by atoms with Gasteiger partial charge in [-0.15, -0.1) is 0 Å². The summed E-state index contributed by atoms with van der Waals surface area (Å²) in [6.07, 6.45) is 2.90. The van der Waals surface area contributed by atoms with Crippen LogP contribution in [0.5, 0.6) is 0 Å². The number of hydrogen-bond acceptors (Lipinski definition) is 6. The van der Waals surface area contributed by atoms with Crippen molar-refractivity contribution < 1.29 is 17.9 Å². The lowest BCUT2D eigenvalue weighted by atomic mass is 10.2. The highest BCUT2D eigenvalue weighted by Crippen LogP contribution is 2.30. The minimum absolute atomic E-state index is 0.0451. The Bertz CT molecular complexity index is 904. The molecule has 1 fully saturated rings. The number of anilines is 1. The maximum Gasteiger partial charge on any atom is 0.244 e. The van der Waals surface area contributed by atoms with E-state index in [1.807, 2.05) is 25.1 Å². The predicted octanol–water partition coefficient (Wildman–Crippen LogP) is 2.01. The van der Waals surface area contributed by atoms with Crippen LogP contribution in [0, 0.1) is 6.92 Å². The lowest BCUT2D eigenvalue weighted by Crippen LogP contribution is -2.44. The Morgan fingerprint density at radius 1 is 1.42 bits per heavy atom. The van der Waals surface area contributed by atoms with E-state index in [0.717, 1.165) is 39.2 Å². The molecule has 1 amide bonds. The lowest BCUT2D eigenvalue weighted by Gasteiger charge is -2.25. The molecular formula is C17H23N3O4S2. The van der Waals surface area contributed by atoms with Crippen LogP contribution in [0.15, 0.2) is 18.2 Å². The van der Waals surface area contributed by atoms with Gasteiger partial charge in [0.15, 0.2) is 5.13 Å². The Balaban J connectivity index is 1.89. The average Bonchev–Trinajstić information content (AvgIpc) is 3.19. The highest BCUT2D eigenvalue weighted by Gasteiger charge is 2.28. The van der Waals surface area contributed by atoms with Gasteiger partial charge in [-0.05, 0) is 37.5 Å². The van der Waals surface area contributed by atoms with Gasteiger partial charge in [-0.25, -0.2) is 13.4 Å². The third kappa shape index (κ3) is 4.40. The molecule has 0 saturated carbocycles. The fraction of sp³-hybridized carbons (Fsp3) is 0.529. The number of hydrogen-bond donors (Lipinski definition) is 0. The van der Waals surface area contributed by atoms with Crippen molar-refractivity contribution in [3.8, 4) is 0 Å². The topological polar surface area (TPSA) is 79.8 Å². The van der Waals surface area contributed by atoms with Crippen LogP contribution in [0.4, 0.5) is 5.13 Å². The third-order valence-corrected chi connectivity index (χ3v) is 6.70. The monoisotopic (exact) mass is 397 g/mol. The highest BCUT2D eigenvalue weighted by atomic mass is 32.2. The number of fused-ring (bicyclic) bond motifs is 1. The van der Waals surface area contributed by atoms with Gasteiger partial charge in [-0.2, -0.15) is 4.31 Å².